The van der Waals surface area contributed by atoms with Crippen LogP contribution in [0.25, 0.3) is 0 Å². The van der Waals surface area contributed by atoms with Gasteiger partial charge in [0.25, 0.3) is 5.91 Å². The predicted molar refractivity (Wildman–Crippen MR) is 66.9 cm³/mol. The smallest absolute Gasteiger partial charge is 0.406 e. The number of aromatic hydroxyl groups is 1. The Kier molecular flexibility index (Phi) is 5.24. The molecule has 0 aromatic heterocycles. The molecule has 20 heavy (non-hydrogen) atoms. The standard InChI is InChI=1S/C13H16F3NO3/c1-3-6-17(8-13(14,15)16)12(19)10-5-4-9(20-2)7-11(10)18/h4-5,7,18H,3,6,8H2,1-2H3. The fourth-order valence-corrected chi connectivity index (χ4v) is 1.73. The quantitative estimate of drug-likeness (QED) is 0.907. The molecule has 0 aliphatic carbocycles. The van der Waals surface area contributed by atoms with Gasteiger partial charge in [-0.25, -0.2) is 0 Å². The van der Waals surface area contributed by atoms with Crippen LogP contribution >= 0.6 is 0 Å². The number of alkyl halides is 3. The van der Waals surface area contributed by atoms with Gasteiger partial charge < -0.3 is 14.7 Å². The third kappa shape index (κ3) is 4.32. The van der Waals surface area contributed by atoms with Crippen molar-refractivity contribution in [2.45, 2.75) is 19.5 Å². The van der Waals surface area contributed by atoms with Crippen molar-refractivity contribution >= 4 is 5.91 Å². The summed E-state index contributed by atoms with van der Waals surface area (Å²) in [6, 6.07) is 3.84. The van der Waals surface area contributed by atoms with Crippen molar-refractivity contribution in [2.24, 2.45) is 0 Å². The molecule has 1 N–H and O–H groups in total. The van der Waals surface area contributed by atoms with E-state index in [-0.39, 0.29) is 12.1 Å². The van der Waals surface area contributed by atoms with Crippen molar-refractivity contribution in [3.05, 3.63) is 23.8 Å². The molecule has 1 aromatic carbocycles. The van der Waals surface area contributed by atoms with Crippen molar-refractivity contribution in [3.63, 3.8) is 0 Å². The fourth-order valence-electron chi connectivity index (χ4n) is 1.73. The van der Waals surface area contributed by atoms with E-state index >= 15 is 0 Å². The van der Waals surface area contributed by atoms with Crippen molar-refractivity contribution < 1.29 is 27.8 Å². The molecule has 0 fully saturated rings. The van der Waals surface area contributed by atoms with Crippen LogP contribution in [-0.2, 0) is 0 Å². The average molecular weight is 291 g/mol. The third-order valence-electron chi connectivity index (χ3n) is 2.59. The number of methoxy groups -OCH3 is 1. The van der Waals surface area contributed by atoms with Crippen LogP contribution < -0.4 is 4.74 Å². The number of hydrogen-bond acceptors (Lipinski definition) is 3. The molecule has 0 saturated heterocycles. The Bertz CT molecular complexity index is 474. The lowest BCUT2D eigenvalue weighted by Gasteiger charge is -2.23. The Morgan fingerprint density at radius 1 is 1.40 bits per heavy atom. The molecule has 0 aliphatic heterocycles. The van der Waals surface area contributed by atoms with Gasteiger partial charge >= 0.3 is 6.18 Å². The summed E-state index contributed by atoms with van der Waals surface area (Å²) in [5, 5.41) is 9.70. The van der Waals surface area contributed by atoms with Crippen LogP contribution in [-0.4, -0.2) is 42.3 Å². The van der Waals surface area contributed by atoms with E-state index in [1.807, 2.05) is 0 Å². The number of amides is 1. The van der Waals surface area contributed by atoms with Gasteiger partial charge in [-0.3, -0.25) is 4.79 Å². The van der Waals surface area contributed by atoms with Crippen molar-refractivity contribution in [1.82, 2.24) is 4.90 Å². The molecule has 4 nitrogen and oxygen atoms in total. The van der Waals surface area contributed by atoms with Gasteiger partial charge in [0, 0.05) is 12.6 Å². The van der Waals surface area contributed by atoms with E-state index in [2.05, 4.69) is 0 Å². The molecule has 1 amide bonds. The van der Waals surface area contributed by atoms with E-state index in [9.17, 15) is 23.1 Å². The minimum absolute atomic E-state index is 0.0379. The summed E-state index contributed by atoms with van der Waals surface area (Å²) in [6.07, 6.45) is -4.09. The zero-order valence-electron chi connectivity index (χ0n) is 11.2. The number of ether oxygens (including phenoxy) is 1. The van der Waals surface area contributed by atoms with Crippen molar-refractivity contribution in [2.75, 3.05) is 20.2 Å². The van der Waals surface area contributed by atoms with E-state index < -0.39 is 24.4 Å². The molecule has 0 atom stereocenters. The normalized spacial score (nSPS) is 11.2. The van der Waals surface area contributed by atoms with Crippen LogP contribution in [0.15, 0.2) is 18.2 Å². The van der Waals surface area contributed by atoms with Gasteiger partial charge in [-0.05, 0) is 18.6 Å². The predicted octanol–water partition coefficient (Wildman–Crippen LogP) is 2.82. The van der Waals surface area contributed by atoms with E-state index in [1.165, 1.54) is 25.3 Å². The second-order valence-electron chi connectivity index (χ2n) is 4.22. The SMILES string of the molecule is CCCN(CC(F)(F)F)C(=O)c1ccc(OC)cc1O. The molecule has 1 aromatic rings. The molecule has 0 spiro atoms. The molecule has 0 unspecified atom stereocenters. The maximum absolute atomic E-state index is 12.4. The molecule has 0 saturated carbocycles. The lowest BCUT2D eigenvalue weighted by Crippen LogP contribution is -2.39. The first-order valence-electron chi connectivity index (χ1n) is 6.01. The topological polar surface area (TPSA) is 49.8 Å². The molecule has 112 valence electrons. The van der Waals surface area contributed by atoms with E-state index in [0.717, 1.165) is 0 Å². The Balaban J connectivity index is 3.00. The largest absolute Gasteiger partial charge is 0.507 e. The Morgan fingerprint density at radius 3 is 2.50 bits per heavy atom. The van der Waals surface area contributed by atoms with Gasteiger partial charge in [0.15, 0.2) is 0 Å². The Hall–Kier alpha value is -1.92. The van der Waals surface area contributed by atoms with E-state index in [0.29, 0.717) is 17.1 Å². The minimum atomic E-state index is -4.48. The van der Waals surface area contributed by atoms with Gasteiger partial charge in [0.2, 0.25) is 0 Å². The van der Waals surface area contributed by atoms with Gasteiger partial charge in [0.05, 0.1) is 12.7 Å². The van der Waals surface area contributed by atoms with Crippen LogP contribution in [0.2, 0.25) is 0 Å². The van der Waals surface area contributed by atoms with Crippen LogP contribution in [0.3, 0.4) is 0 Å². The monoisotopic (exact) mass is 291 g/mol. The maximum atomic E-state index is 12.4. The fraction of sp³-hybridized carbons (Fsp3) is 0.462. The van der Waals surface area contributed by atoms with Crippen LogP contribution in [0.1, 0.15) is 23.7 Å². The highest BCUT2D eigenvalue weighted by molar-refractivity contribution is 5.97. The zero-order chi connectivity index (χ0) is 15.3. The van der Waals surface area contributed by atoms with Gasteiger partial charge in [-0.2, -0.15) is 13.2 Å². The van der Waals surface area contributed by atoms with E-state index in [1.54, 1.807) is 6.92 Å². The number of phenols is 1. The summed E-state index contributed by atoms with van der Waals surface area (Å²) in [7, 11) is 1.38. The lowest BCUT2D eigenvalue weighted by molar-refractivity contribution is -0.140. The van der Waals surface area contributed by atoms with Gasteiger partial charge in [-0.15, -0.1) is 0 Å². The molecule has 0 bridgehead atoms. The molecule has 1 rings (SSSR count). The summed E-state index contributed by atoms with van der Waals surface area (Å²) in [5.74, 6) is -0.945. The number of phenolic OH excluding ortho intramolecular Hbond substituents is 1. The van der Waals surface area contributed by atoms with Crippen LogP contribution in [0, 0.1) is 0 Å². The van der Waals surface area contributed by atoms with Gasteiger partial charge in [-0.1, -0.05) is 6.92 Å². The summed E-state index contributed by atoms with van der Waals surface area (Å²) in [4.78, 5) is 12.7. The number of carbonyl (C=O) groups is 1. The number of rotatable bonds is 5. The number of carbonyl (C=O) groups excluding carboxylic acids is 1. The van der Waals surface area contributed by atoms with E-state index in [4.69, 9.17) is 4.74 Å². The number of halogens is 3. The summed E-state index contributed by atoms with van der Waals surface area (Å²) in [6.45, 7) is 0.291. The number of nitrogens with zero attached hydrogens (tertiary/aromatic N) is 1. The zero-order valence-corrected chi connectivity index (χ0v) is 11.2. The summed E-state index contributed by atoms with van der Waals surface area (Å²) >= 11 is 0. The molecular formula is C13H16F3NO3. The highest BCUT2D eigenvalue weighted by Gasteiger charge is 2.33. The molecule has 0 aliphatic rings. The first-order valence-corrected chi connectivity index (χ1v) is 6.01. The minimum Gasteiger partial charge on any atom is -0.507 e. The molecule has 0 heterocycles. The maximum Gasteiger partial charge on any atom is 0.406 e. The molecular weight excluding hydrogens is 275 g/mol. The molecule has 0 radical (unpaired) electrons. The van der Waals surface area contributed by atoms with Crippen LogP contribution in [0.4, 0.5) is 13.2 Å². The van der Waals surface area contributed by atoms with Crippen LogP contribution in [0.5, 0.6) is 11.5 Å². The number of hydrogen-bond donors (Lipinski definition) is 1. The first kappa shape index (κ1) is 16.1. The highest BCUT2D eigenvalue weighted by atomic mass is 19.4. The average Bonchev–Trinajstić information content (AvgIpc) is 2.35. The Labute approximate surface area is 114 Å². The third-order valence-corrected chi connectivity index (χ3v) is 2.59. The summed E-state index contributed by atoms with van der Waals surface area (Å²) < 4.78 is 42.2. The molecule has 7 heteroatoms. The van der Waals surface area contributed by atoms with Gasteiger partial charge in [0.1, 0.15) is 18.0 Å². The van der Waals surface area contributed by atoms with Crippen molar-refractivity contribution in [1.29, 1.82) is 0 Å². The summed E-state index contributed by atoms with van der Waals surface area (Å²) in [5.41, 5.74) is -0.177. The Morgan fingerprint density at radius 2 is 2.05 bits per heavy atom. The second kappa shape index (κ2) is 6.49. The lowest BCUT2D eigenvalue weighted by atomic mass is 10.1. The second-order valence-corrected chi connectivity index (χ2v) is 4.22. The number of benzene rings is 1. The van der Waals surface area contributed by atoms with Crippen molar-refractivity contribution in [3.8, 4) is 11.5 Å². The highest BCUT2D eigenvalue weighted by Crippen LogP contribution is 2.26. The first-order chi connectivity index (χ1) is 9.28.